The molecule has 112 valence electrons. The predicted octanol–water partition coefficient (Wildman–Crippen LogP) is 5.15. The first kappa shape index (κ1) is 16.8. The van der Waals surface area contributed by atoms with Crippen LogP contribution in [0, 0.1) is 3.57 Å². The van der Waals surface area contributed by atoms with Crippen molar-refractivity contribution in [2.45, 2.75) is 19.9 Å². The van der Waals surface area contributed by atoms with E-state index in [9.17, 15) is 0 Å². The van der Waals surface area contributed by atoms with E-state index in [1.165, 1.54) is 14.7 Å². The molecular weight excluding hydrogens is 441 g/mol. The van der Waals surface area contributed by atoms with E-state index in [0.717, 1.165) is 16.8 Å². The number of nitrogens with one attached hydrogen (secondary N) is 1. The molecule has 2 aromatic rings. The first-order valence-corrected chi connectivity index (χ1v) is 8.94. The molecule has 0 spiro atoms. The smallest absolute Gasteiger partial charge is 0.133 e. The SMILES string of the molecule is CCNC(c1ccc(I)cc1)c1ccc(OCC)c(Br)c1. The molecule has 0 amide bonds. The maximum Gasteiger partial charge on any atom is 0.133 e. The molecule has 0 saturated heterocycles. The van der Waals surface area contributed by atoms with E-state index in [-0.39, 0.29) is 6.04 Å². The second-order valence-electron chi connectivity index (χ2n) is 4.67. The highest BCUT2D eigenvalue weighted by Gasteiger charge is 2.14. The molecule has 0 saturated carbocycles. The molecule has 4 heteroatoms. The van der Waals surface area contributed by atoms with Crippen molar-refractivity contribution in [1.82, 2.24) is 5.32 Å². The molecule has 0 radical (unpaired) electrons. The molecule has 2 rings (SSSR count). The monoisotopic (exact) mass is 459 g/mol. The van der Waals surface area contributed by atoms with Crippen LogP contribution in [0.15, 0.2) is 46.9 Å². The minimum atomic E-state index is 0.193. The van der Waals surface area contributed by atoms with E-state index in [0.29, 0.717) is 6.61 Å². The third-order valence-electron chi connectivity index (χ3n) is 3.20. The highest BCUT2D eigenvalue weighted by molar-refractivity contribution is 14.1. The van der Waals surface area contributed by atoms with Gasteiger partial charge in [0.1, 0.15) is 5.75 Å². The number of halogens is 2. The molecule has 0 heterocycles. The maximum absolute atomic E-state index is 5.58. The summed E-state index contributed by atoms with van der Waals surface area (Å²) in [6, 6.07) is 15.1. The standard InChI is InChI=1S/C17H19BrINO/c1-3-20-17(12-5-8-14(19)9-6-12)13-7-10-16(21-4-2)15(18)11-13/h5-11,17,20H,3-4H2,1-2H3. The highest BCUT2D eigenvalue weighted by atomic mass is 127. The van der Waals surface area contributed by atoms with Crippen molar-refractivity contribution in [3.8, 4) is 5.75 Å². The van der Waals surface area contributed by atoms with Crippen LogP contribution in [0.2, 0.25) is 0 Å². The Morgan fingerprint density at radius 1 is 1.10 bits per heavy atom. The number of hydrogen-bond donors (Lipinski definition) is 1. The summed E-state index contributed by atoms with van der Waals surface area (Å²) in [5.41, 5.74) is 2.50. The van der Waals surface area contributed by atoms with Crippen LogP contribution in [0.1, 0.15) is 31.0 Å². The van der Waals surface area contributed by atoms with Crippen molar-refractivity contribution in [3.05, 3.63) is 61.6 Å². The van der Waals surface area contributed by atoms with Crippen LogP contribution in [0.5, 0.6) is 5.75 Å². The molecular formula is C17H19BrINO. The normalized spacial score (nSPS) is 12.2. The number of ether oxygens (including phenoxy) is 1. The Balaban J connectivity index is 2.33. The largest absolute Gasteiger partial charge is 0.493 e. The third-order valence-corrected chi connectivity index (χ3v) is 4.54. The van der Waals surface area contributed by atoms with E-state index >= 15 is 0 Å². The zero-order valence-corrected chi connectivity index (χ0v) is 15.9. The topological polar surface area (TPSA) is 21.3 Å². The van der Waals surface area contributed by atoms with Gasteiger partial charge in [-0.05, 0) is 87.4 Å². The van der Waals surface area contributed by atoms with E-state index in [1.54, 1.807) is 0 Å². The van der Waals surface area contributed by atoms with Crippen LogP contribution in [0.3, 0.4) is 0 Å². The average molecular weight is 460 g/mol. The van der Waals surface area contributed by atoms with Gasteiger partial charge in [-0.25, -0.2) is 0 Å². The Morgan fingerprint density at radius 3 is 2.33 bits per heavy atom. The summed E-state index contributed by atoms with van der Waals surface area (Å²) >= 11 is 5.93. The van der Waals surface area contributed by atoms with E-state index < -0.39 is 0 Å². The molecule has 1 atom stereocenters. The Morgan fingerprint density at radius 2 is 1.76 bits per heavy atom. The molecule has 0 aromatic heterocycles. The van der Waals surface area contributed by atoms with Crippen LogP contribution in [0.4, 0.5) is 0 Å². The van der Waals surface area contributed by atoms with E-state index in [1.807, 2.05) is 13.0 Å². The number of benzene rings is 2. The summed E-state index contributed by atoms with van der Waals surface area (Å²) in [6.07, 6.45) is 0. The molecule has 1 unspecified atom stereocenters. The van der Waals surface area contributed by atoms with Crippen LogP contribution >= 0.6 is 38.5 Å². The quantitative estimate of drug-likeness (QED) is 0.603. The Bertz CT molecular complexity index is 586. The van der Waals surface area contributed by atoms with Gasteiger partial charge in [-0.3, -0.25) is 0 Å². The highest BCUT2D eigenvalue weighted by Crippen LogP contribution is 2.31. The van der Waals surface area contributed by atoms with Crippen LogP contribution < -0.4 is 10.1 Å². The number of rotatable bonds is 6. The number of hydrogen-bond acceptors (Lipinski definition) is 2. The fourth-order valence-electron chi connectivity index (χ4n) is 2.26. The van der Waals surface area contributed by atoms with Gasteiger partial charge in [0, 0.05) is 3.57 Å². The molecule has 0 bridgehead atoms. The Kier molecular flexibility index (Phi) is 6.51. The zero-order chi connectivity index (χ0) is 15.2. The van der Waals surface area contributed by atoms with Gasteiger partial charge in [0.2, 0.25) is 0 Å². The van der Waals surface area contributed by atoms with Gasteiger partial charge in [0.05, 0.1) is 17.1 Å². The average Bonchev–Trinajstić information content (AvgIpc) is 2.48. The summed E-state index contributed by atoms with van der Waals surface area (Å²) < 4.78 is 7.83. The first-order chi connectivity index (χ1) is 10.2. The molecule has 21 heavy (non-hydrogen) atoms. The van der Waals surface area contributed by atoms with Gasteiger partial charge >= 0.3 is 0 Å². The molecule has 1 N–H and O–H groups in total. The van der Waals surface area contributed by atoms with Gasteiger partial charge in [-0.1, -0.05) is 25.1 Å². The van der Waals surface area contributed by atoms with Gasteiger partial charge < -0.3 is 10.1 Å². The lowest BCUT2D eigenvalue weighted by Gasteiger charge is -2.20. The van der Waals surface area contributed by atoms with Gasteiger partial charge in [-0.2, -0.15) is 0 Å². The van der Waals surface area contributed by atoms with Crippen LogP contribution in [0.25, 0.3) is 0 Å². The lowest BCUT2D eigenvalue weighted by Crippen LogP contribution is -2.22. The van der Waals surface area contributed by atoms with Gasteiger partial charge in [0.15, 0.2) is 0 Å². The fraction of sp³-hybridized carbons (Fsp3) is 0.294. The fourth-order valence-corrected chi connectivity index (χ4v) is 3.13. The zero-order valence-electron chi connectivity index (χ0n) is 12.2. The molecule has 0 aliphatic carbocycles. The molecule has 2 aromatic carbocycles. The van der Waals surface area contributed by atoms with E-state index in [2.05, 4.69) is 87.2 Å². The lowest BCUT2D eigenvalue weighted by molar-refractivity contribution is 0.338. The van der Waals surface area contributed by atoms with Crippen molar-refractivity contribution in [2.24, 2.45) is 0 Å². The predicted molar refractivity (Wildman–Crippen MR) is 100.0 cm³/mol. The molecule has 0 fully saturated rings. The summed E-state index contributed by atoms with van der Waals surface area (Å²) in [5, 5.41) is 3.55. The molecule has 2 nitrogen and oxygen atoms in total. The van der Waals surface area contributed by atoms with Crippen molar-refractivity contribution in [3.63, 3.8) is 0 Å². The minimum Gasteiger partial charge on any atom is -0.493 e. The minimum absolute atomic E-state index is 0.193. The van der Waals surface area contributed by atoms with E-state index in [4.69, 9.17) is 4.74 Å². The van der Waals surface area contributed by atoms with Crippen LogP contribution in [-0.4, -0.2) is 13.2 Å². The first-order valence-electron chi connectivity index (χ1n) is 7.06. The maximum atomic E-state index is 5.58. The molecule has 0 aliphatic rings. The second kappa shape index (κ2) is 8.15. The second-order valence-corrected chi connectivity index (χ2v) is 6.77. The van der Waals surface area contributed by atoms with Gasteiger partial charge in [-0.15, -0.1) is 0 Å². The van der Waals surface area contributed by atoms with Crippen molar-refractivity contribution in [2.75, 3.05) is 13.2 Å². The summed E-state index contributed by atoms with van der Waals surface area (Å²) in [5.74, 6) is 0.888. The van der Waals surface area contributed by atoms with Gasteiger partial charge in [0.25, 0.3) is 0 Å². The Labute approximate surface area is 148 Å². The third kappa shape index (κ3) is 4.44. The van der Waals surface area contributed by atoms with Crippen molar-refractivity contribution >= 4 is 38.5 Å². The summed E-state index contributed by atoms with van der Waals surface area (Å²) in [7, 11) is 0. The lowest BCUT2D eigenvalue weighted by atomic mass is 9.98. The summed E-state index contributed by atoms with van der Waals surface area (Å²) in [4.78, 5) is 0. The van der Waals surface area contributed by atoms with Crippen LogP contribution in [-0.2, 0) is 0 Å². The summed E-state index contributed by atoms with van der Waals surface area (Å²) in [6.45, 7) is 5.71. The molecule has 0 aliphatic heterocycles. The Hall–Kier alpha value is -0.590. The van der Waals surface area contributed by atoms with Crippen molar-refractivity contribution in [1.29, 1.82) is 0 Å². The van der Waals surface area contributed by atoms with Crippen molar-refractivity contribution < 1.29 is 4.74 Å².